The smallest absolute Gasteiger partial charge is 0.326 e. The second kappa shape index (κ2) is 6.54. The van der Waals surface area contributed by atoms with E-state index in [1.165, 1.54) is 4.90 Å². The maximum Gasteiger partial charge on any atom is 0.326 e. The zero-order valence-corrected chi connectivity index (χ0v) is 13.5. The Morgan fingerprint density at radius 3 is 2.64 bits per heavy atom. The summed E-state index contributed by atoms with van der Waals surface area (Å²) < 4.78 is 5.66. The molecule has 3 fully saturated rings. The summed E-state index contributed by atoms with van der Waals surface area (Å²) in [4.78, 5) is 28.8. The third kappa shape index (κ3) is 2.99. The summed E-state index contributed by atoms with van der Waals surface area (Å²) >= 11 is 0. The minimum Gasteiger partial charge on any atom is -0.376 e. The highest BCUT2D eigenvalue weighted by Crippen LogP contribution is 2.32. The Bertz CT molecular complexity index is 432. The zero-order chi connectivity index (χ0) is 15.6. The summed E-state index contributed by atoms with van der Waals surface area (Å²) in [6.45, 7) is 4.74. The van der Waals surface area contributed by atoms with E-state index in [1.807, 2.05) is 0 Å². The van der Waals surface area contributed by atoms with Gasteiger partial charge in [0.25, 0.3) is 5.91 Å². The van der Waals surface area contributed by atoms with Crippen LogP contribution in [0.5, 0.6) is 0 Å². The number of carbonyl (C=O) groups is 2. The van der Waals surface area contributed by atoms with Crippen LogP contribution in [-0.4, -0.2) is 59.7 Å². The van der Waals surface area contributed by atoms with Gasteiger partial charge in [-0.2, -0.15) is 0 Å². The zero-order valence-electron chi connectivity index (χ0n) is 13.5. The third-order valence-electron chi connectivity index (χ3n) is 5.22. The molecule has 0 aromatic carbocycles. The summed E-state index contributed by atoms with van der Waals surface area (Å²) in [5.74, 6) is -0.0149. The molecule has 22 heavy (non-hydrogen) atoms. The molecule has 1 aliphatic carbocycles. The van der Waals surface area contributed by atoms with Crippen LogP contribution in [0.1, 0.15) is 51.9 Å². The van der Waals surface area contributed by atoms with Crippen LogP contribution in [0.3, 0.4) is 0 Å². The molecular weight excluding hydrogens is 282 g/mol. The molecule has 3 aliphatic rings. The van der Waals surface area contributed by atoms with Crippen LogP contribution < -0.4 is 5.32 Å². The minimum absolute atomic E-state index is 0.0149. The van der Waals surface area contributed by atoms with Crippen LogP contribution in [0.15, 0.2) is 0 Å². The topological polar surface area (TPSA) is 61.9 Å². The molecule has 0 aromatic rings. The number of carbonyl (C=O) groups excluding carboxylic acids is 2. The number of nitrogens with zero attached hydrogens (tertiary/aromatic N) is 2. The van der Waals surface area contributed by atoms with Gasteiger partial charge in [-0.15, -0.1) is 0 Å². The first-order valence-corrected chi connectivity index (χ1v) is 8.63. The van der Waals surface area contributed by atoms with Gasteiger partial charge in [0.05, 0.1) is 19.4 Å². The molecule has 1 saturated carbocycles. The minimum atomic E-state index is -0.621. The van der Waals surface area contributed by atoms with Crippen molar-refractivity contribution in [1.82, 2.24) is 15.1 Å². The van der Waals surface area contributed by atoms with Crippen molar-refractivity contribution in [2.24, 2.45) is 0 Å². The number of hydrogen-bond acceptors (Lipinski definition) is 4. The van der Waals surface area contributed by atoms with E-state index in [9.17, 15) is 9.59 Å². The number of morpholine rings is 1. The third-order valence-corrected chi connectivity index (χ3v) is 5.22. The molecule has 3 amide bonds. The monoisotopic (exact) mass is 309 g/mol. The van der Waals surface area contributed by atoms with Gasteiger partial charge in [0.2, 0.25) is 0 Å². The molecule has 124 valence electrons. The Hall–Kier alpha value is -1.14. The molecule has 1 atom stereocenters. The van der Waals surface area contributed by atoms with E-state index in [0.29, 0.717) is 13.3 Å². The van der Waals surface area contributed by atoms with Gasteiger partial charge < -0.3 is 10.1 Å². The summed E-state index contributed by atoms with van der Waals surface area (Å²) in [7, 11) is 0. The average Bonchev–Trinajstić information content (AvgIpc) is 2.71. The Kier molecular flexibility index (Phi) is 4.68. The van der Waals surface area contributed by atoms with Crippen molar-refractivity contribution >= 4 is 11.9 Å². The van der Waals surface area contributed by atoms with Crippen LogP contribution in [-0.2, 0) is 9.53 Å². The van der Waals surface area contributed by atoms with E-state index in [0.717, 1.165) is 58.0 Å². The summed E-state index contributed by atoms with van der Waals surface area (Å²) in [6, 6.07) is -0.216. The first-order chi connectivity index (χ1) is 10.6. The van der Waals surface area contributed by atoms with Gasteiger partial charge in [0.1, 0.15) is 5.54 Å². The lowest BCUT2D eigenvalue weighted by atomic mass is 9.90. The Labute approximate surface area is 132 Å². The van der Waals surface area contributed by atoms with Crippen molar-refractivity contribution in [3.63, 3.8) is 0 Å². The van der Waals surface area contributed by atoms with Gasteiger partial charge in [-0.05, 0) is 19.3 Å². The van der Waals surface area contributed by atoms with E-state index in [1.54, 1.807) is 0 Å². The second-order valence-corrected chi connectivity index (χ2v) is 6.78. The number of ether oxygens (including phenoxy) is 1. The fourth-order valence-corrected chi connectivity index (χ4v) is 3.83. The fraction of sp³-hybridized carbons (Fsp3) is 0.875. The number of nitrogens with one attached hydrogen (secondary N) is 1. The average molecular weight is 309 g/mol. The van der Waals surface area contributed by atoms with Crippen molar-refractivity contribution in [3.05, 3.63) is 0 Å². The van der Waals surface area contributed by atoms with Crippen molar-refractivity contribution in [2.75, 3.05) is 26.4 Å². The second-order valence-electron chi connectivity index (χ2n) is 6.78. The summed E-state index contributed by atoms with van der Waals surface area (Å²) in [5.41, 5.74) is -0.621. The molecule has 0 bridgehead atoms. The van der Waals surface area contributed by atoms with Crippen LogP contribution in [0, 0.1) is 0 Å². The number of imide groups is 1. The van der Waals surface area contributed by atoms with Crippen molar-refractivity contribution in [2.45, 2.75) is 63.5 Å². The Morgan fingerprint density at radius 1 is 1.23 bits per heavy atom. The van der Waals surface area contributed by atoms with Crippen LogP contribution in [0.25, 0.3) is 0 Å². The van der Waals surface area contributed by atoms with Gasteiger partial charge in [0, 0.05) is 13.1 Å². The van der Waals surface area contributed by atoms with Gasteiger partial charge in [-0.3, -0.25) is 9.69 Å². The number of hydrogen-bond donors (Lipinski definition) is 1. The SMILES string of the molecule is CCC1CN(CN2C(=O)NC3(CCCCCC3)C2=O)CCO1. The van der Waals surface area contributed by atoms with Crippen molar-refractivity contribution in [1.29, 1.82) is 0 Å². The molecule has 2 heterocycles. The molecule has 6 heteroatoms. The quantitative estimate of drug-likeness (QED) is 0.806. The first-order valence-electron chi connectivity index (χ1n) is 8.63. The number of rotatable bonds is 3. The predicted octanol–water partition coefficient (Wildman–Crippen LogP) is 1.70. The number of amides is 3. The first kappa shape index (κ1) is 15.7. The van der Waals surface area contributed by atoms with E-state index in [4.69, 9.17) is 4.74 Å². The summed E-state index contributed by atoms with van der Waals surface area (Å²) in [6.07, 6.45) is 7.11. The van der Waals surface area contributed by atoms with E-state index < -0.39 is 5.54 Å². The van der Waals surface area contributed by atoms with Crippen LogP contribution in [0.4, 0.5) is 4.79 Å². The lowest BCUT2D eigenvalue weighted by molar-refractivity contribution is -0.134. The van der Waals surface area contributed by atoms with Gasteiger partial charge >= 0.3 is 6.03 Å². The highest BCUT2D eigenvalue weighted by Gasteiger charge is 2.51. The molecule has 2 aliphatic heterocycles. The lowest BCUT2D eigenvalue weighted by Crippen LogP contribution is -2.50. The normalized spacial score (nSPS) is 29.7. The maximum absolute atomic E-state index is 12.9. The lowest BCUT2D eigenvalue weighted by Gasteiger charge is -2.34. The molecule has 0 radical (unpaired) electrons. The van der Waals surface area contributed by atoms with E-state index in [-0.39, 0.29) is 18.0 Å². The van der Waals surface area contributed by atoms with Crippen molar-refractivity contribution in [3.8, 4) is 0 Å². The molecule has 1 N–H and O–H groups in total. The fourth-order valence-electron chi connectivity index (χ4n) is 3.83. The number of urea groups is 1. The van der Waals surface area contributed by atoms with Gasteiger partial charge in [-0.1, -0.05) is 32.6 Å². The van der Waals surface area contributed by atoms with Gasteiger partial charge in [0.15, 0.2) is 0 Å². The standard InChI is InChI=1S/C16H27N3O3/c1-2-13-11-18(9-10-22-13)12-19-14(20)16(17-15(19)21)7-5-3-4-6-8-16/h13H,2-12H2,1H3,(H,17,21). The van der Waals surface area contributed by atoms with Crippen LogP contribution in [0.2, 0.25) is 0 Å². The highest BCUT2D eigenvalue weighted by atomic mass is 16.5. The van der Waals surface area contributed by atoms with Crippen LogP contribution >= 0.6 is 0 Å². The molecule has 3 rings (SSSR count). The van der Waals surface area contributed by atoms with E-state index >= 15 is 0 Å². The molecule has 0 aromatic heterocycles. The maximum atomic E-state index is 12.9. The molecule has 1 spiro atoms. The molecule has 6 nitrogen and oxygen atoms in total. The van der Waals surface area contributed by atoms with E-state index in [2.05, 4.69) is 17.1 Å². The summed E-state index contributed by atoms with van der Waals surface area (Å²) in [5, 5.41) is 3.00. The highest BCUT2D eigenvalue weighted by molar-refractivity contribution is 6.07. The molecule has 2 saturated heterocycles. The molecule has 1 unspecified atom stereocenters. The Morgan fingerprint density at radius 2 is 1.95 bits per heavy atom. The van der Waals surface area contributed by atoms with Gasteiger partial charge in [-0.25, -0.2) is 9.69 Å². The largest absolute Gasteiger partial charge is 0.376 e. The molecular formula is C16H27N3O3. The predicted molar refractivity (Wildman–Crippen MR) is 82.3 cm³/mol. The van der Waals surface area contributed by atoms with Crippen molar-refractivity contribution < 1.29 is 14.3 Å². The Balaban J connectivity index is 1.66.